The third kappa shape index (κ3) is 14.4. The van der Waals surface area contributed by atoms with Crippen molar-refractivity contribution in [1.82, 2.24) is 26.2 Å². The highest BCUT2D eigenvalue weighted by Gasteiger charge is 2.34. The van der Waals surface area contributed by atoms with Crippen molar-refractivity contribution in [2.24, 2.45) is 0 Å². The van der Waals surface area contributed by atoms with Gasteiger partial charge in [-0.1, -0.05) is 0 Å². The monoisotopic (exact) mass is 1520 g/mol. The number of anilines is 2. The zero-order chi connectivity index (χ0) is 45.6. The number of halogens is 6. The molecule has 0 aromatic heterocycles. The number of rotatable bonds is 22. The van der Waals surface area contributed by atoms with Gasteiger partial charge in [0.25, 0.3) is 23.6 Å². The van der Waals surface area contributed by atoms with Crippen molar-refractivity contribution in [3.63, 3.8) is 0 Å². The normalized spacial score (nSPS) is 12.1. The van der Waals surface area contributed by atoms with E-state index in [1.165, 1.54) is 28.8 Å². The van der Waals surface area contributed by atoms with Gasteiger partial charge in [-0.25, -0.2) is 0 Å². The highest BCUT2D eigenvalue weighted by atomic mass is 127. The van der Waals surface area contributed by atoms with Gasteiger partial charge < -0.3 is 66.8 Å². The van der Waals surface area contributed by atoms with Gasteiger partial charge in [-0.3, -0.25) is 33.7 Å². The first-order valence-electron chi connectivity index (χ1n) is 17.4. The van der Waals surface area contributed by atoms with E-state index in [0.717, 1.165) is 0 Å². The van der Waals surface area contributed by atoms with Gasteiger partial charge in [0, 0.05) is 54.0 Å². The van der Waals surface area contributed by atoms with Gasteiger partial charge in [-0.15, -0.1) is 0 Å². The molecule has 2 atom stereocenters. The molecule has 2 rings (SSSR count). The van der Waals surface area contributed by atoms with Crippen LogP contribution in [0.25, 0.3) is 0 Å². The fourth-order valence-electron chi connectivity index (χ4n) is 5.13. The van der Waals surface area contributed by atoms with Crippen LogP contribution in [0.1, 0.15) is 41.4 Å². The van der Waals surface area contributed by atoms with Gasteiger partial charge in [0.05, 0.1) is 106 Å². The quantitative estimate of drug-likeness (QED) is 0.0621. The van der Waals surface area contributed by atoms with Gasteiger partial charge in [0.15, 0.2) is 0 Å². The molecule has 0 aliphatic carbocycles. The Morgan fingerprint density at radius 2 is 0.800 bits per heavy atom. The number of hydrogen-bond donors (Lipinski definition) is 11. The van der Waals surface area contributed by atoms with E-state index in [9.17, 15) is 64.5 Å². The Balaban J connectivity index is 2.63. The Bertz CT molecular complexity index is 1830. The van der Waals surface area contributed by atoms with Gasteiger partial charge >= 0.3 is 0 Å². The van der Waals surface area contributed by atoms with Gasteiger partial charge in [-0.2, -0.15) is 0 Å². The fraction of sp³-hybridized carbons (Fsp3) is 0.471. The summed E-state index contributed by atoms with van der Waals surface area (Å²) >= 11 is 11.1. The topological polar surface area (TPSA) is 302 Å². The van der Waals surface area contributed by atoms with E-state index < -0.39 is 80.6 Å². The summed E-state index contributed by atoms with van der Waals surface area (Å²) < 4.78 is 1.48. The molecule has 0 aliphatic heterocycles. The van der Waals surface area contributed by atoms with E-state index in [1.807, 2.05) is 113 Å². The Morgan fingerprint density at radius 3 is 1.07 bits per heavy atom. The lowest BCUT2D eigenvalue weighted by Gasteiger charge is -2.29. The number of aliphatic hydroxyl groups is 7. The summed E-state index contributed by atoms with van der Waals surface area (Å²) in [6.07, 6.45) is -2.57. The molecule has 334 valence electrons. The largest absolute Gasteiger partial charge is 0.395 e. The molecule has 0 heterocycles. The summed E-state index contributed by atoms with van der Waals surface area (Å²) in [7, 11) is 2.80. The van der Waals surface area contributed by atoms with Crippen LogP contribution >= 0.6 is 136 Å². The molecule has 0 bridgehead atoms. The number of nitrogens with one attached hydrogen (secondary N) is 4. The summed E-state index contributed by atoms with van der Waals surface area (Å²) in [5.41, 5.74) is 0.365. The highest BCUT2D eigenvalue weighted by molar-refractivity contribution is 14.1. The number of hydrogen-bond acceptors (Lipinski definition) is 14. The molecule has 20 nitrogen and oxygen atoms in total. The van der Waals surface area contributed by atoms with Crippen LogP contribution in [0.2, 0.25) is 0 Å². The maximum absolute atomic E-state index is 14.1. The minimum Gasteiger partial charge on any atom is -0.395 e. The zero-order valence-corrected chi connectivity index (χ0v) is 44.8. The van der Waals surface area contributed by atoms with E-state index in [-0.39, 0.29) is 93.8 Å². The van der Waals surface area contributed by atoms with Crippen LogP contribution in [-0.2, 0) is 9.59 Å². The average Bonchev–Trinajstić information content (AvgIpc) is 3.19. The number of aliphatic hydroxyl groups excluding tert-OH is 7. The molecule has 2 aromatic rings. The molecule has 0 saturated heterocycles. The number of amides is 6. The van der Waals surface area contributed by atoms with Crippen molar-refractivity contribution in [3.05, 3.63) is 43.7 Å². The van der Waals surface area contributed by atoms with E-state index in [2.05, 4.69) is 21.3 Å². The fourth-order valence-corrected chi connectivity index (χ4v) is 14.9. The van der Waals surface area contributed by atoms with E-state index >= 15 is 0 Å². The second-order valence-electron chi connectivity index (χ2n) is 12.5. The van der Waals surface area contributed by atoms with Crippen LogP contribution in [-0.4, -0.2) is 181 Å². The first-order valence-corrected chi connectivity index (χ1v) is 23.9. The standard InChI is InChI=1S/C34H43I6N7O13/c1-45(29-25(37)19(31(57)41-3-6-48)23(35)20(26(29)38)32(58)42-4-7-49)17(55)11-47(5-8-50)12-18(56)46(2)30-27(39)21(33(59)43-9-15(53)13-51)24(36)22(28(30)40)34(60)44-10-16(54)14-52/h15-16,48-54H,3-14H2,1-2H3,(H,41,57)(H,42,58)(H,43,59)(H,44,60). The molecule has 6 amide bonds. The molecule has 2 aromatic carbocycles. The summed E-state index contributed by atoms with van der Waals surface area (Å²) in [5, 5.41) is 77.0. The van der Waals surface area contributed by atoms with Crippen molar-refractivity contribution in [2.45, 2.75) is 12.2 Å². The average molecular weight is 1520 g/mol. The molecule has 0 aliphatic rings. The Morgan fingerprint density at radius 1 is 0.500 bits per heavy atom. The smallest absolute Gasteiger partial charge is 0.253 e. The number of carbonyl (C=O) groups excluding carboxylic acids is 6. The van der Waals surface area contributed by atoms with Crippen LogP contribution in [0.15, 0.2) is 0 Å². The van der Waals surface area contributed by atoms with Crippen LogP contribution in [0.3, 0.4) is 0 Å². The molecule has 11 N–H and O–H groups in total. The predicted molar refractivity (Wildman–Crippen MR) is 269 cm³/mol. The molecule has 0 saturated carbocycles. The zero-order valence-electron chi connectivity index (χ0n) is 31.8. The van der Waals surface area contributed by atoms with Crippen molar-refractivity contribution < 1.29 is 64.5 Å². The minimum atomic E-state index is -1.28. The Labute approximate surface area is 426 Å². The van der Waals surface area contributed by atoms with Gasteiger partial charge in [0.1, 0.15) is 0 Å². The summed E-state index contributed by atoms with van der Waals surface area (Å²) in [6.45, 7) is -4.36. The SMILES string of the molecule is CN(C(=O)CN(CCO)CC(=O)N(C)c1c(I)c(C(=O)NCC(O)CO)c(I)c(C(=O)NCC(O)CO)c1I)c1c(I)c(C(=O)NCCO)c(I)c(C(=O)NCCO)c1I. The van der Waals surface area contributed by atoms with Crippen molar-refractivity contribution in [3.8, 4) is 0 Å². The van der Waals surface area contributed by atoms with Crippen LogP contribution in [0.5, 0.6) is 0 Å². The molecule has 0 radical (unpaired) electrons. The maximum Gasteiger partial charge on any atom is 0.253 e. The molecule has 0 fully saturated rings. The van der Waals surface area contributed by atoms with Gasteiger partial charge in [0.2, 0.25) is 11.8 Å². The third-order valence-corrected chi connectivity index (χ3v) is 14.6. The number of nitrogens with zero attached hydrogens (tertiary/aromatic N) is 3. The lowest BCUT2D eigenvalue weighted by molar-refractivity contribution is -0.122. The lowest BCUT2D eigenvalue weighted by Crippen LogP contribution is -2.46. The van der Waals surface area contributed by atoms with Crippen LogP contribution in [0, 0.1) is 21.4 Å². The van der Waals surface area contributed by atoms with E-state index in [0.29, 0.717) is 7.14 Å². The van der Waals surface area contributed by atoms with E-state index in [1.54, 1.807) is 22.6 Å². The lowest BCUT2D eigenvalue weighted by atomic mass is 10.1. The van der Waals surface area contributed by atoms with Crippen LogP contribution in [0.4, 0.5) is 11.4 Å². The number of likely N-dealkylation sites (N-methyl/N-ethyl adjacent to an activating group) is 2. The molecule has 2 unspecified atom stereocenters. The number of carbonyl (C=O) groups is 6. The Kier molecular flexibility index (Phi) is 24.9. The van der Waals surface area contributed by atoms with Crippen molar-refractivity contribution >= 4 is 182 Å². The number of benzene rings is 2. The summed E-state index contributed by atoms with van der Waals surface area (Å²) in [5.74, 6) is -3.95. The molecule has 0 spiro atoms. The highest BCUT2D eigenvalue weighted by Crippen LogP contribution is 2.39. The van der Waals surface area contributed by atoms with E-state index in [4.69, 9.17) is 0 Å². The Hall–Kier alpha value is -0.680. The molecular weight excluding hydrogens is 1480 g/mol. The van der Waals surface area contributed by atoms with Crippen LogP contribution < -0.4 is 31.1 Å². The minimum absolute atomic E-state index is 0.0381. The maximum atomic E-state index is 14.1. The first kappa shape index (κ1) is 55.5. The van der Waals surface area contributed by atoms with Crippen molar-refractivity contribution in [1.29, 1.82) is 0 Å². The summed E-state index contributed by atoms with van der Waals surface area (Å²) in [6, 6.07) is 0. The second kappa shape index (κ2) is 27.0. The third-order valence-electron chi connectivity index (χ3n) is 8.26. The molecular formula is C34H43I6N7O13. The molecule has 60 heavy (non-hydrogen) atoms. The van der Waals surface area contributed by atoms with Gasteiger partial charge in [-0.05, 0) is 136 Å². The predicted octanol–water partition coefficient (Wildman–Crippen LogP) is -1.16. The molecule has 26 heteroatoms. The first-order chi connectivity index (χ1) is 28.2. The summed E-state index contributed by atoms with van der Waals surface area (Å²) in [4.78, 5) is 85.5. The second-order valence-corrected chi connectivity index (χ2v) is 18.9. The van der Waals surface area contributed by atoms with Crippen molar-refractivity contribution in [2.75, 3.05) is 103 Å².